The van der Waals surface area contributed by atoms with E-state index in [9.17, 15) is 0 Å². The molecule has 0 saturated heterocycles. The van der Waals surface area contributed by atoms with E-state index in [1.54, 1.807) is 6.20 Å². The number of benzene rings is 2. The van der Waals surface area contributed by atoms with Crippen LogP contribution < -0.4 is 14.8 Å². The zero-order valence-corrected chi connectivity index (χ0v) is 16.2. The first-order chi connectivity index (χ1) is 13.2. The average Bonchev–Trinajstić information content (AvgIpc) is 2.70. The Hall–Kier alpha value is -2.56. The molecule has 0 aliphatic rings. The van der Waals surface area contributed by atoms with Gasteiger partial charge in [0.1, 0.15) is 19.7 Å². The van der Waals surface area contributed by atoms with Crippen LogP contribution in [0.4, 0.5) is 0 Å². The van der Waals surface area contributed by atoms with Crippen LogP contribution in [0.3, 0.4) is 0 Å². The molecule has 0 fully saturated rings. The molecule has 0 spiro atoms. The third kappa shape index (κ3) is 5.98. The first-order valence-corrected chi connectivity index (χ1v) is 9.46. The highest BCUT2D eigenvalue weighted by atomic mass is 35.5. The highest BCUT2D eigenvalue weighted by Gasteiger charge is 2.08. The number of pyridine rings is 1. The van der Waals surface area contributed by atoms with Crippen LogP contribution in [-0.4, -0.2) is 11.6 Å². The Morgan fingerprint density at radius 3 is 2.41 bits per heavy atom. The molecule has 0 radical (unpaired) electrons. The summed E-state index contributed by atoms with van der Waals surface area (Å²) in [4.78, 5) is 4.15. The molecule has 2 aromatic carbocycles. The number of hydrogen-bond donors (Lipinski definition) is 1. The second-order valence-electron chi connectivity index (χ2n) is 6.19. The number of aromatic nitrogens is 1. The van der Waals surface area contributed by atoms with Crippen molar-refractivity contribution >= 4 is 11.6 Å². The molecule has 2 N–H and O–H groups in total. The maximum Gasteiger partial charge on any atom is 0.161 e. The molecule has 27 heavy (non-hydrogen) atoms. The molecule has 0 saturated carbocycles. The summed E-state index contributed by atoms with van der Waals surface area (Å²) in [6, 6.07) is 17.8. The van der Waals surface area contributed by atoms with E-state index in [-0.39, 0.29) is 0 Å². The maximum atomic E-state index is 5.96. The topological polar surface area (TPSA) is 48.0 Å². The van der Waals surface area contributed by atoms with E-state index >= 15 is 0 Å². The van der Waals surface area contributed by atoms with Gasteiger partial charge in [-0.15, -0.1) is 0 Å². The van der Waals surface area contributed by atoms with Crippen molar-refractivity contribution in [2.45, 2.75) is 26.6 Å². The summed E-state index contributed by atoms with van der Waals surface area (Å²) in [5.41, 5.74) is 3.47. The zero-order chi connectivity index (χ0) is 18.9. The third-order valence-corrected chi connectivity index (χ3v) is 4.35. The average molecular weight is 384 g/mol. The fraction of sp³-hybridized carbons (Fsp3) is 0.227. The zero-order valence-electron chi connectivity index (χ0n) is 15.4. The molecule has 0 atom stereocenters. The van der Waals surface area contributed by atoms with Crippen molar-refractivity contribution in [3.8, 4) is 11.5 Å². The standard InChI is InChI=1S/C22H23ClN2O2/c1-2-26-22-12-18(13-25-15-19-4-3-11-24-14-19)7-10-21(22)27-16-17-5-8-20(23)9-6-17/h3-12,14,25H,2,13,15-16H2,1H3/p+1. The largest absolute Gasteiger partial charge is 0.490 e. The van der Waals surface area contributed by atoms with Crippen molar-refractivity contribution in [1.82, 2.24) is 4.98 Å². The molecule has 3 aromatic rings. The summed E-state index contributed by atoms with van der Waals surface area (Å²) in [6.07, 6.45) is 3.69. The maximum absolute atomic E-state index is 5.96. The Labute approximate surface area is 165 Å². The number of ether oxygens (including phenoxy) is 2. The molecule has 0 aliphatic heterocycles. The molecular weight excluding hydrogens is 360 g/mol. The number of nitrogens with zero attached hydrogens (tertiary/aromatic N) is 1. The van der Waals surface area contributed by atoms with Crippen molar-refractivity contribution in [3.05, 3.63) is 88.7 Å². The summed E-state index contributed by atoms with van der Waals surface area (Å²) in [5, 5.41) is 2.97. The van der Waals surface area contributed by atoms with E-state index in [0.29, 0.717) is 13.2 Å². The Morgan fingerprint density at radius 1 is 0.889 bits per heavy atom. The number of hydrogen-bond acceptors (Lipinski definition) is 3. The molecule has 1 aromatic heterocycles. The molecule has 1 heterocycles. The van der Waals surface area contributed by atoms with Gasteiger partial charge in [-0.3, -0.25) is 4.98 Å². The van der Waals surface area contributed by atoms with Gasteiger partial charge in [-0.1, -0.05) is 29.8 Å². The van der Waals surface area contributed by atoms with Gasteiger partial charge in [-0.2, -0.15) is 0 Å². The van der Waals surface area contributed by atoms with Crippen molar-refractivity contribution in [3.63, 3.8) is 0 Å². The van der Waals surface area contributed by atoms with E-state index in [0.717, 1.165) is 35.2 Å². The van der Waals surface area contributed by atoms with Crippen molar-refractivity contribution in [2.75, 3.05) is 6.61 Å². The predicted octanol–water partition coefficient (Wildman–Crippen LogP) is 3.98. The third-order valence-electron chi connectivity index (χ3n) is 4.10. The fourth-order valence-corrected chi connectivity index (χ4v) is 2.86. The Morgan fingerprint density at radius 2 is 1.67 bits per heavy atom. The van der Waals surface area contributed by atoms with Gasteiger partial charge in [0.15, 0.2) is 11.5 Å². The summed E-state index contributed by atoms with van der Waals surface area (Å²) in [5.74, 6) is 1.53. The smallest absolute Gasteiger partial charge is 0.161 e. The Kier molecular flexibility index (Phi) is 7.08. The van der Waals surface area contributed by atoms with Crippen LogP contribution >= 0.6 is 11.6 Å². The van der Waals surface area contributed by atoms with Crippen molar-refractivity contribution in [2.24, 2.45) is 0 Å². The SMILES string of the molecule is CCOc1cc(C[NH2+]Cc2cccnc2)ccc1OCc1ccc(Cl)cc1. The highest BCUT2D eigenvalue weighted by molar-refractivity contribution is 6.30. The number of rotatable bonds is 9. The van der Waals surface area contributed by atoms with Gasteiger partial charge in [0.25, 0.3) is 0 Å². The molecule has 4 nitrogen and oxygen atoms in total. The van der Waals surface area contributed by atoms with Gasteiger partial charge in [0, 0.05) is 28.5 Å². The minimum Gasteiger partial charge on any atom is -0.490 e. The molecule has 3 rings (SSSR count). The van der Waals surface area contributed by atoms with E-state index in [2.05, 4.69) is 28.5 Å². The quantitative estimate of drug-likeness (QED) is 0.608. The minimum absolute atomic E-state index is 0.476. The number of quaternary nitrogens is 1. The predicted molar refractivity (Wildman–Crippen MR) is 107 cm³/mol. The second kappa shape index (κ2) is 9.95. The summed E-state index contributed by atoms with van der Waals surface area (Å²) in [6.45, 7) is 4.81. The van der Waals surface area contributed by atoms with Gasteiger partial charge in [0.05, 0.1) is 6.61 Å². The van der Waals surface area contributed by atoms with Crippen molar-refractivity contribution < 1.29 is 14.8 Å². The lowest BCUT2D eigenvalue weighted by atomic mass is 10.2. The Balaban J connectivity index is 1.60. The lowest BCUT2D eigenvalue weighted by Crippen LogP contribution is -2.80. The van der Waals surface area contributed by atoms with Crippen LogP contribution in [0.25, 0.3) is 0 Å². The summed E-state index contributed by atoms with van der Waals surface area (Å²) >= 11 is 5.93. The van der Waals surface area contributed by atoms with Crippen LogP contribution in [-0.2, 0) is 19.7 Å². The first-order valence-electron chi connectivity index (χ1n) is 9.08. The van der Waals surface area contributed by atoms with Crippen LogP contribution in [0.15, 0.2) is 67.0 Å². The molecule has 0 bridgehead atoms. The van der Waals surface area contributed by atoms with Crippen LogP contribution in [0.5, 0.6) is 11.5 Å². The number of halogens is 1. The van der Waals surface area contributed by atoms with Gasteiger partial charge < -0.3 is 14.8 Å². The minimum atomic E-state index is 0.476. The molecule has 0 unspecified atom stereocenters. The van der Waals surface area contributed by atoms with Crippen LogP contribution in [0.2, 0.25) is 5.02 Å². The van der Waals surface area contributed by atoms with E-state index in [1.165, 1.54) is 11.1 Å². The molecule has 5 heteroatoms. The van der Waals surface area contributed by atoms with Gasteiger partial charge in [-0.05, 0) is 48.9 Å². The van der Waals surface area contributed by atoms with Gasteiger partial charge in [0.2, 0.25) is 0 Å². The highest BCUT2D eigenvalue weighted by Crippen LogP contribution is 2.29. The van der Waals surface area contributed by atoms with Gasteiger partial charge >= 0.3 is 0 Å². The molecule has 0 amide bonds. The van der Waals surface area contributed by atoms with Crippen molar-refractivity contribution in [1.29, 1.82) is 0 Å². The lowest BCUT2D eigenvalue weighted by molar-refractivity contribution is -0.686. The van der Waals surface area contributed by atoms with E-state index in [4.69, 9.17) is 21.1 Å². The molecular formula is C22H24ClN2O2+. The normalized spacial score (nSPS) is 10.6. The molecule has 140 valence electrons. The lowest BCUT2D eigenvalue weighted by Gasteiger charge is -2.13. The van der Waals surface area contributed by atoms with Crippen LogP contribution in [0, 0.1) is 0 Å². The van der Waals surface area contributed by atoms with Crippen LogP contribution in [0.1, 0.15) is 23.6 Å². The molecule has 0 aliphatic carbocycles. The van der Waals surface area contributed by atoms with Gasteiger partial charge in [-0.25, -0.2) is 0 Å². The first kappa shape index (κ1) is 19.2. The fourth-order valence-electron chi connectivity index (χ4n) is 2.73. The monoisotopic (exact) mass is 383 g/mol. The Bertz CT molecular complexity index is 839. The summed E-state index contributed by atoms with van der Waals surface area (Å²) in [7, 11) is 0. The van der Waals surface area contributed by atoms with E-state index < -0.39 is 0 Å². The second-order valence-corrected chi connectivity index (χ2v) is 6.62. The van der Waals surface area contributed by atoms with E-state index in [1.807, 2.05) is 49.5 Å². The number of nitrogens with two attached hydrogens (primary N) is 1. The summed E-state index contributed by atoms with van der Waals surface area (Å²) < 4.78 is 11.7.